The maximum absolute atomic E-state index is 4.40. The van der Waals surface area contributed by atoms with Gasteiger partial charge in [0.15, 0.2) is 0 Å². The smallest absolute Gasteiger partial charge is 0.0646 e. The van der Waals surface area contributed by atoms with Crippen molar-refractivity contribution in [2.75, 3.05) is 5.32 Å². The van der Waals surface area contributed by atoms with Crippen molar-refractivity contribution in [3.63, 3.8) is 0 Å². The van der Waals surface area contributed by atoms with E-state index in [1.165, 1.54) is 36.1 Å². The van der Waals surface area contributed by atoms with Crippen LogP contribution in [0.4, 0.5) is 5.69 Å². The van der Waals surface area contributed by atoms with Crippen molar-refractivity contribution < 1.29 is 0 Å². The van der Waals surface area contributed by atoms with Gasteiger partial charge in [0, 0.05) is 24.5 Å². The normalized spacial score (nSPS) is 12.4. The molecule has 1 aromatic carbocycles. The van der Waals surface area contributed by atoms with Crippen LogP contribution in [0.1, 0.15) is 49.6 Å². The fourth-order valence-corrected chi connectivity index (χ4v) is 2.52. The van der Waals surface area contributed by atoms with Gasteiger partial charge in [-0.1, -0.05) is 25.5 Å². The minimum atomic E-state index is 0.269. The summed E-state index contributed by atoms with van der Waals surface area (Å²) in [5, 5.41) is 7.94. The number of aryl methyl sites for hydroxylation is 3. The highest BCUT2D eigenvalue weighted by atomic mass is 15.3. The lowest BCUT2D eigenvalue weighted by Gasteiger charge is -2.15. The molecule has 0 spiro atoms. The minimum absolute atomic E-state index is 0.269. The molecule has 1 aromatic heterocycles. The molecule has 3 heteroatoms. The second kappa shape index (κ2) is 6.60. The quantitative estimate of drug-likeness (QED) is 0.851. The van der Waals surface area contributed by atoms with Crippen LogP contribution in [0.15, 0.2) is 30.5 Å². The number of nitrogens with one attached hydrogen (secondary N) is 1. The molecule has 3 nitrogen and oxygen atoms in total. The van der Waals surface area contributed by atoms with Crippen LogP contribution >= 0.6 is 0 Å². The summed E-state index contributed by atoms with van der Waals surface area (Å²) in [7, 11) is 1.96. The van der Waals surface area contributed by atoms with Gasteiger partial charge in [0.25, 0.3) is 0 Å². The number of anilines is 1. The third-order valence-corrected chi connectivity index (χ3v) is 3.67. The van der Waals surface area contributed by atoms with Gasteiger partial charge in [-0.3, -0.25) is 4.68 Å². The summed E-state index contributed by atoms with van der Waals surface area (Å²) in [6, 6.07) is 9.06. The van der Waals surface area contributed by atoms with Gasteiger partial charge in [-0.2, -0.15) is 5.10 Å². The third kappa shape index (κ3) is 3.62. The Morgan fingerprint density at radius 2 is 1.95 bits per heavy atom. The van der Waals surface area contributed by atoms with E-state index in [9.17, 15) is 0 Å². The maximum atomic E-state index is 4.40. The molecule has 0 saturated carbocycles. The highest BCUT2D eigenvalue weighted by molar-refractivity contribution is 5.47. The molecule has 0 amide bonds. The van der Waals surface area contributed by atoms with Crippen molar-refractivity contribution in [1.82, 2.24) is 9.78 Å². The largest absolute Gasteiger partial charge is 0.378 e. The van der Waals surface area contributed by atoms with E-state index in [-0.39, 0.29) is 6.04 Å². The van der Waals surface area contributed by atoms with Crippen molar-refractivity contribution in [2.45, 2.75) is 46.1 Å². The zero-order chi connectivity index (χ0) is 14.5. The number of nitrogens with zero attached hydrogens (tertiary/aromatic N) is 2. The van der Waals surface area contributed by atoms with Crippen molar-refractivity contribution in [1.29, 1.82) is 0 Å². The van der Waals surface area contributed by atoms with Gasteiger partial charge in [-0.05, 0) is 44.4 Å². The summed E-state index contributed by atoms with van der Waals surface area (Å²) in [5.41, 5.74) is 4.93. The second-order valence-corrected chi connectivity index (χ2v) is 5.51. The molecule has 2 rings (SSSR count). The molecule has 1 unspecified atom stereocenters. The van der Waals surface area contributed by atoms with Crippen LogP contribution in [0.5, 0.6) is 0 Å². The molecule has 1 heterocycles. The summed E-state index contributed by atoms with van der Waals surface area (Å²) in [6.07, 6.45) is 5.77. The van der Waals surface area contributed by atoms with Gasteiger partial charge in [0.2, 0.25) is 0 Å². The molecule has 0 saturated heterocycles. The molecule has 0 aliphatic heterocycles. The molecular formula is C17H25N3. The Morgan fingerprint density at radius 1 is 1.25 bits per heavy atom. The Balaban J connectivity index is 2.00. The summed E-state index contributed by atoms with van der Waals surface area (Å²) >= 11 is 0. The molecule has 0 fully saturated rings. The molecule has 0 radical (unpaired) electrons. The first-order valence-electron chi connectivity index (χ1n) is 7.45. The first kappa shape index (κ1) is 14.6. The molecule has 1 atom stereocenters. The van der Waals surface area contributed by atoms with Crippen LogP contribution in [-0.4, -0.2) is 9.78 Å². The first-order valence-corrected chi connectivity index (χ1v) is 7.45. The molecule has 0 aliphatic carbocycles. The SMILES string of the molecule is CCCCc1ccc(NC(C)c2cn(C)nc2C)cc1. The van der Waals surface area contributed by atoms with Crippen molar-refractivity contribution in [3.05, 3.63) is 47.3 Å². The van der Waals surface area contributed by atoms with Crippen molar-refractivity contribution in [3.8, 4) is 0 Å². The van der Waals surface area contributed by atoms with Gasteiger partial charge in [0.1, 0.15) is 0 Å². The summed E-state index contributed by atoms with van der Waals surface area (Å²) in [5.74, 6) is 0. The predicted molar refractivity (Wildman–Crippen MR) is 85.0 cm³/mol. The first-order chi connectivity index (χ1) is 9.60. The summed E-state index contributed by atoms with van der Waals surface area (Å²) < 4.78 is 1.87. The van der Waals surface area contributed by atoms with E-state index in [4.69, 9.17) is 0 Å². The predicted octanol–water partition coefficient (Wildman–Crippen LogP) is 4.24. The summed E-state index contributed by atoms with van der Waals surface area (Å²) in [6.45, 7) is 6.46. The van der Waals surface area contributed by atoms with Crippen LogP contribution in [0, 0.1) is 6.92 Å². The number of aromatic nitrogens is 2. The Labute approximate surface area is 122 Å². The molecule has 108 valence electrons. The lowest BCUT2D eigenvalue weighted by Crippen LogP contribution is -2.07. The third-order valence-electron chi connectivity index (χ3n) is 3.67. The number of benzene rings is 1. The van der Waals surface area contributed by atoms with Gasteiger partial charge in [-0.15, -0.1) is 0 Å². The van der Waals surface area contributed by atoms with Crippen LogP contribution in [-0.2, 0) is 13.5 Å². The van der Waals surface area contributed by atoms with E-state index >= 15 is 0 Å². The molecule has 20 heavy (non-hydrogen) atoms. The van der Waals surface area contributed by atoms with E-state index < -0.39 is 0 Å². The Hall–Kier alpha value is -1.77. The molecule has 2 aromatic rings. The van der Waals surface area contributed by atoms with Crippen LogP contribution in [0.3, 0.4) is 0 Å². The highest BCUT2D eigenvalue weighted by Crippen LogP contribution is 2.21. The highest BCUT2D eigenvalue weighted by Gasteiger charge is 2.11. The number of hydrogen-bond acceptors (Lipinski definition) is 2. The van der Waals surface area contributed by atoms with Crippen LogP contribution in [0.2, 0.25) is 0 Å². The van der Waals surface area contributed by atoms with Gasteiger partial charge < -0.3 is 5.32 Å². The lowest BCUT2D eigenvalue weighted by atomic mass is 10.1. The standard InChI is InChI=1S/C17H25N3/c1-5-6-7-15-8-10-16(11-9-15)18-13(2)17-12-20(4)19-14(17)3/h8-13,18H,5-7H2,1-4H3. The molecular weight excluding hydrogens is 246 g/mol. The van der Waals surface area contributed by atoms with Gasteiger partial charge in [-0.25, -0.2) is 0 Å². The topological polar surface area (TPSA) is 29.9 Å². The van der Waals surface area contributed by atoms with Crippen molar-refractivity contribution >= 4 is 5.69 Å². The average Bonchev–Trinajstić information content (AvgIpc) is 2.77. The maximum Gasteiger partial charge on any atom is 0.0646 e. The van der Waals surface area contributed by atoms with Gasteiger partial charge >= 0.3 is 0 Å². The lowest BCUT2D eigenvalue weighted by molar-refractivity contribution is 0.756. The second-order valence-electron chi connectivity index (χ2n) is 5.51. The number of unbranched alkanes of at least 4 members (excludes halogenated alkanes) is 1. The van der Waals surface area contributed by atoms with Crippen LogP contribution in [0.25, 0.3) is 0 Å². The van der Waals surface area contributed by atoms with Gasteiger partial charge in [0.05, 0.1) is 11.7 Å². The average molecular weight is 271 g/mol. The van der Waals surface area contributed by atoms with E-state index in [0.29, 0.717) is 0 Å². The number of rotatable bonds is 6. The minimum Gasteiger partial charge on any atom is -0.378 e. The molecule has 0 aliphatic rings. The molecule has 0 bridgehead atoms. The summed E-state index contributed by atoms with van der Waals surface area (Å²) in [4.78, 5) is 0. The Kier molecular flexibility index (Phi) is 4.83. The van der Waals surface area contributed by atoms with E-state index in [1.54, 1.807) is 0 Å². The molecule has 1 N–H and O–H groups in total. The fraction of sp³-hybridized carbons (Fsp3) is 0.471. The Bertz CT molecular complexity index is 540. The fourth-order valence-electron chi connectivity index (χ4n) is 2.52. The Morgan fingerprint density at radius 3 is 2.50 bits per heavy atom. The van der Waals surface area contributed by atoms with E-state index in [2.05, 4.69) is 61.6 Å². The zero-order valence-electron chi connectivity index (χ0n) is 13.0. The monoisotopic (exact) mass is 271 g/mol. The zero-order valence-corrected chi connectivity index (χ0v) is 13.0. The van der Waals surface area contributed by atoms with E-state index in [0.717, 1.165) is 5.69 Å². The number of hydrogen-bond donors (Lipinski definition) is 1. The van der Waals surface area contributed by atoms with Crippen LogP contribution < -0.4 is 5.32 Å². The van der Waals surface area contributed by atoms with E-state index in [1.807, 2.05) is 11.7 Å². The van der Waals surface area contributed by atoms with Crippen molar-refractivity contribution in [2.24, 2.45) is 7.05 Å².